The number of likely N-dealkylation sites (N-methyl/N-ethyl adjacent to an activating group) is 1. The predicted octanol–water partition coefficient (Wildman–Crippen LogP) is 2.38. The quantitative estimate of drug-likeness (QED) is 0.850. The number of amides is 1. The summed E-state index contributed by atoms with van der Waals surface area (Å²) in [5.41, 5.74) is 0.224. The average Bonchev–Trinajstić information content (AvgIpc) is 2.94. The van der Waals surface area contributed by atoms with Crippen molar-refractivity contribution in [1.29, 1.82) is 0 Å². The Balaban J connectivity index is 2.05. The van der Waals surface area contributed by atoms with Crippen LogP contribution in [0.4, 0.5) is 0 Å². The summed E-state index contributed by atoms with van der Waals surface area (Å²) in [5.74, 6) is -0.127. The van der Waals surface area contributed by atoms with Gasteiger partial charge in [-0.25, -0.2) is 0 Å². The lowest BCUT2D eigenvalue weighted by atomic mass is 10.1. The lowest BCUT2D eigenvalue weighted by Gasteiger charge is -2.23. The van der Waals surface area contributed by atoms with Crippen LogP contribution in [0.5, 0.6) is 11.5 Å². The Kier molecular flexibility index (Phi) is 5.47. The maximum atomic E-state index is 12.3. The lowest BCUT2D eigenvalue weighted by Crippen LogP contribution is -2.40. The molecule has 1 aromatic rings. The van der Waals surface area contributed by atoms with E-state index in [2.05, 4.69) is 33.1 Å². The Hall–Kier alpha value is -1.27. The van der Waals surface area contributed by atoms with Gasteiger partial charge in [0, 0.05) is 17.1 Å². The number of likely N-dealkylation sites (tertiary alicyclic amines) is 1. The van der Waals surface area contributed by atoms with Gasteiger partial charge in [0.25, 0.3) is 5.91 Å². The molecule has 1 atom stereocenters. The predicted molar refractivity (Wildman–Crippen MR) is 85.0 cm³/mol. The third-order valence-electron chi connectivity index (χ3n) is 3.91. The highest BCUT2D eigenvalue weighted by Gasteiger charge is 2.24. The molecule has 0 aliphatic carbocycles. The Bertz CT molecular complexity index is 522. The minimum atomic E-state index is -0.282. The van der Waals surface area contributed by atoms with Crippen molar-refractivity contribution in [3.8, 4) is 11.5 Å². The van der Waals surface area contributed by atoms with E-state index in [4.69, 9.17) is 4.74 Å². The van der Waals surface area contributed by atoms with Gasteiger partial charge in [0.15, 0.2) is 11.5 Å². The van der Waals surface area contributed by atoms with Gasteiger partial charge in [0.05, 0.1) is 12.7 Å². The molecule has 1 aliphatic rings. The third-order valence-corrected chi connectivity index (χ3v) is 4.37. The number of hydrogen-bond donors (Lipinski definition) is 2. The molecule has 0 radical (unpaired) electrons. The molecule has 116 valence electrons. The van der Waals surface area contributed by atoms with Crippen LogP contribution < -0.4 is 10.1 Å². The van der Waals surface area contributed by atoms with Crippen LogP contribution in [0.1, 0.15) is 30.1 Å². The summed E-state index contributed by atoms with van der Waals surface area (Å²) < 4.78 is 5.75. The number of benzene rings is 1. The van der Waals surface area contributed by atoms with Crippen LogP contribution in [-0.4, -0.2) is 48.7 Å². The molecular weight excluding hydrogens is 336 g/mol. The number of ether oxygens (including phenoxy) is 1. The fraction of sp³-hybridized carbons (Fsp3) is 0.533. The first kappa shape index (κ1) is 16.1. The number of nitrogens with zero attached hydrogens (tertiary/aromatic N) is 1. The van der Waals surface area contributed by atoms with Crippen LogP contribution in [-0.2, 0) is 0 Å². The molecule has 2 rings (SSSR count). The molecule has 21 heavy (non-hydrogen) atoms. The number of phenolic OH excluding ortho intramolecular Hbond substituents is 1. The van der Waals surface area contributed by atoms with Crippen molar-refractivity contribution in [2.45, 2.75) is 25.8 Å². The highest BCUT2D eigenvalue weighted by Crippen LogP contribution is 2.33. The molecule has 1 saturated heterocycles. The van der Waals surface area contributed by atoms with Crippen LogP contribution in [0.25, 0.3) is 0 Å². The Labute approximate surface area is 133 Å². The SMILES string of the molecule is CCN1CCCC1CNC(=O)c1cc(Br)cc(OC)c1O. The second-order valence-corrected chi connectivity index (χ2v) is 6.05. The Morgan fingerprint density at radius 3 is 3.00 bits per heavy atom. The monoisotopic (exact) mass is 356 g/mol. The second-order valence-electron chi connectivity index (χ2n) is 5.14. The van der Waals surface area contributed by atoms with Crippen LogP contribution in [0.15, 0.2) is 16.6 Å². The number of rotatable bonds is 5. The van der Waals surface area contributed by atoms with Gasteiger partial charge >= 0.3 is 0 Å². The second kappa shape index (κ2) is 7.13. The number of aromatic hydroxyl groups is 1. The lowest BCUT2D eigenvalue weighted by molar-refractivity contribution is 0.0938. The molecule has 1 fully saturated rings. The van der Waals surface area contributed by atoms with Gasteiger partial charge in [-0.3, -0.25) is 9.69 Å². The summed E-state index contributed by atoms with van der Waals surface area (Å²) in [6.07, 6.45) is 2.27. The zero-order valence-electron chi connectivity index (χ0n) is 12.4. The van der Waals surface area contributed by atoms with Gasteiger partial charge in [0.2, 0.25) is 0 Å². The Morgan fingerprint density at radius 1 is 1.57 bits per heavy atom. The maximum absolute atomic E-state index is 12.3. The molecule has 1 aromatic carbocycles. The van der Waals surface area contributed by atoms with Crippen LogP contribution in [0.3, 0.4) is 0 Å². The van der Waals surface area contributed by atoms with Crippen molar-refractivity contribution >= 4 is 21.8 Å². The smallest absolute Gasteiger partial charge is 0.255 e. The molecule has 0 aromatic heterocycles. The van der Waals surface area contributed by atoms with Crippen molar-refractivity contribution in [2.75, 3.05) is 26.7 Å². The van der Waals surface area contributed by atoms with Crippen molar-refractivity contribution in [1.82, 2.24) is 10.2 Å². The van der Waals surface area contributed by atoms with Crippen molar-refractivity contribution < 1.29 is 14.6 Å². The van der Waals surface area contributed by atoms with Gasteiger partial charge < -0.3 is 15.2 Å². The van der Waals surface area contributed by atoms with Gasteiger partial charge in [-0.2, -0.15) is 0 Å². The topological polar surface area (TPSA) is 61.8 Å². The molecule has 1 unspecified atom stereocenters. The number of carbonyl (C=O) groups excluding carboxylic acids is 1. The van der Waals surface area contributed by atoms with Crippen molar-refractivity contribution in [2.24, 2.45) is 0 Å². The summed E-state index contributed by atoms with van der Waals surface area (Å²) in [4.78, 5) is 14.6. The number of carbonyl (C=O) groups is 1. The van der Waals surface area contributed by atoms with E-state index in [0.29, 0.717) is 17.1 Å². The van der Waals surface area contributed by atoms with Crippen molar-refractivity contribution in [3.05, 3.63) is 22.2 Å². The minimum Gasteiger partial charge on any atom is -0.504 e. The molecule has 6 heteroatoms. The largest absolute Gasteiger partial charge is 0.504 e. The summed E-state index contributed by atoms with van der Waals surface area (Å²) in [7, 11) is 1.46. The van der Waals surface area contributed by atoms with Crippen LogP contribution in [0.2, 0.25) is 0 Å². The fourth-order valence-corrected chi connectivity index (χ4v) is 3.19. The van der Waals surface area contributed by atoms with E-state index in [-0.39, 0.29) is 23.0 Å². The van der Waals surface area contributed by atoms with Gasteiger partial charge in [-0.15, -0.1) is 0 Å². The highest BCUT2D eigenvalue weighted by atomic mass is 79.9. The summed E-state index contributed by atoms with van der Waals surface area (Å²) in [6, 6.07) is 3.61. The molecule has 5 nitrogen and oxygen atoms in total. The summed E-state index contributed by atoms with van der Waals surface area (Å²) >= 11 is 3.32. The number of methoxy groups -OCH3 is 1. The number of phenols is 1. The zero-order chi connectivity index (χ0) is 15.4. The van der Waals surface area contributed by atoms with Gasteiger partial charge in [-0.05, 0) is 38.1 Å². The van der Waals surface area contributed by atoms with Crippen molar-refractivity contribution in [3.63, 3.8) is 0 Å². The molecule has 0 saturated carbocycles. The normalized spacial score (nSPS) is 18.7. The number of halogens is 1. The standard InChI is InChI=1S/C15H21BrN2O3/c1-3-18-6-4-5-11(18)9-17-15(20)12-7-10(16)8-13(21-2)14(12)19/h7-8,11,19H,3-6,9H2,1-2H3,(H,17,20). The number of hydrogen-bond acceptors (Lipinski definition) is 4. The Morgan fingerprint density at radius 2 is 2.33 bits per heavy atom. The zero-order valence-corrected chi connectivity index (χ0v) is 13.9. The molecule has 1 heterocycles. The van der Waals surface area contributed by atoms with E-state index in [1.54, 1.807) is 12.1 Å². The average molecular weight is 357 g/mol. The highest BCUT2D eigenvalue weighted by molar-refractivity contribution is 9.10. The first-order valence-electron chi connectivity index (χ1n) is 7.15. The van der Waals surface area contributed by atoms with E-state index < -0.39 is 0 Å². The van der Waals surface area contributed by atoms with E-state index in [9.17, 15) is 9.90 Å². The van der Waals surface area contributed by atoms with E-state index in [1.165, 1.54) is 13.5 Å². The first-order valence-corrected chi connectivity index (χ1v) is 7.94. The first-order chi connectivity index (χ1) is 10.1. The molecule has 0 bridgehead atoms. The third kappa shape index (κ3) is 3.68. The fourth-order valence-electron chi connectivity index (χ4n) is 2.75. The molecule has 1 amide bonds. The van der Waals surface area contributed by atoms with E-state index in [0.717, 1.165) is 19.5 Å². The van der Waals surface area contributed by atoms with Gasteiger partial charge in [0.1, 0.15) is 0 Å². The molecule has 1 aliphatic heterocycles. The molecular formula is C15H21BrN2O3. The van der Waals surface area contributed by atoms with Gasteiger partial charge in [-0.1, -0.05) is 22.9 Å². The van der Waals surface area contributed by atoms with Crippen LogP contribution >= 0.6 is 15.9 Å². The van der Waals surface area contributed by atoms with E-state index in [1.807, 2.05) is 0 Å². The minimum absolute atomic E-state index is 0.128. The molecule has 0 spiro atoms. The summed E-state index contributed by atoms with van der Waals surface area (Å²) in [6.45, 7) is 4.82. The molecule has 2 N–H and O–H groups in total. The van der Waals surface area contributed by atoms with Crippen LogP contribution in [0, 0.1) is 0 Å². The number of nitrogens with one attached hydrogen (secondary N) is 1. The maximum Gasteiger partial charge on any atom is 0.255 e. The van der Waals surface area contributed by atoms with E-state index >= 15 is 0 Å². The summed E-state index contributed by atoms with van der Waals surface area (Å²) in [5, 5.41) is 13.0.